The number of imidazole rings is 1. The molecule has 1 aromatic heterocycles. The predicted molar refractivity (Wildman–Crippen MR) is 134 cm³/mol. The maximum atomic E-state index is 6.57. The van der Waals surface area contributed by atoms with Crippen LogP contribution in [0.1, 0.15) is 73.2 Å². The first-order chi connectivity index (χ1) is 15.3. The molecule has 2 aromatic rings. The smallest absolute Gasteiger partial charge is 0.405 e. The molecule has 3 atom stereocenters. The largest absolute Gasteiger partial charge is 0.488 e. The predicted octanol–water partition coefficient (Wildman–Crippen LogP) is 4.61. The molecule has 0 amide bonds. The fourth-order valence-electron chi connectivity index (χ4n) is 5.13. The van der Waals surface area contributed by atoms with Crippen LogP contribution < -0.4 is 5.32 Å². The molecular weight excluding hydrogens is 484 g/mol. The molecule has 0 radical (unpaired) electrons. The van der Waals surface area contributed by atoms with Gasteiger partial charge in [-0.25, -0.2) is 4.98 Å². The van der Waals surface area contributed by atoms with Crippen molar-refractivity contribution < 1.29 is 18.6 Å². The summed E-state index contributed by atoms with van der Waals surface area (Å²) in [4.78, 5) is 8.30. The molecule has 0 spiro atoms. The van der Waals surface area contributed by atoms with Gasteiger partial charge in [0, 0.05) is 4.47 Å². The molecule has 3 fully saturated rings. The topological polar surface area (TPSA) is 77.6 Å². The van der Waals surface area contributed by atoms with Gasteiger partial charge in [0.05, 0.1) is 39.5 Å². The number of hydrogen-bond acceptors (Lipinski definition) is 6. The third kappa shape index (κ3) is 4.10. The molecule has 7 nitrogen and oxygen atoms in total. The summed E-state index contributed by atoms with van der Waals surface area (Å²) in [5, 5.41) is 3.65. The lowest BCUT2D eigenvalue weighted by Gasteiger charge is -2.38. The highest BCUT2D eigenvalue weighted by atomic mass is 79.9. The van der Waals surface area contributed by atoms with E-state index in [2.05, 4.69) is 53.1 Å². The SMILES string of the molecule is CC1(C)OB(B2OC(C)(C)C(C)(C[C@@H]3CN[C@H](c4nc5ccc(Br)cc5[nH]4)C3)O2)OC1(C)C. The Morgan fingerprint density at radius 2 is 1.61 bits per heavy atom. The van der Waals surface area contributed by atoms with Crippen LogP contribution in [0.4, 0.5) is 0 Å². The van der Waals surface area contributed by atoms with Crippen molar-refractivity contribution in [1.29, 1.82) is 0 Å². The Morgan fingerprint density at radius 1 is 0.970 bits per heavy atom. The van der Waals surface area contributed by atoms with Crippen molar-refractivity contribution in [2.75, 3.05) is 6.54 Å². The lowest BCUT2D eigenvalue weighted by Crippen LogP contribution is -2.46. The molecule has 3 saturated heterocycles. The van der Waals surface area contributed by atoms with Gasteiger partial charge < -0.3 is 28.9 Å². The van der Waals surface area contributed by atoms with Crippen LogP contribution in [0.3, 0.4) is 0 Å². The fourth-order valence-corrected chi connectivity index (χ4v) is 5.49. The van der Waals surface area contributed by atoms with E-state index >= 15 is 0 Å². The minimum atomic E-state index is -0.551. The summed E-state index contributed by atoms with van der Waals surface area (Å²) in [7, 11) is -1.09. The average Bonchev–Trinajstić information content (AvgIpc) is 3.40. The maximum absolute atomic E-state index is 6.57. The molecule has 0 aliphatic carbocycles. The van der Waals surface area contributed by atoms with Crippen molar-refractivity contribution in [3.8, 4) is 0 Å². The number of H-pyrrole nitrogens is 1. The van der Waals surface area contributed by atoms with E-state index in [4.69, 9.17) is 23.6 Å². The van der Waals surface area contributed by atoms with Crippen LogP contribution in [-0.2, 0) is 18.6 Å². The summed E-state index contributed by atoms with van der Waals surface area (Å²) >= 11 is 3.53. The molecule has 3 aliphatic heterocycles. The molecule has 10 heteroatoms. The van der Waals surface area contributed by atoms with Gasteiger partial charge in [0.15, 0.2) is 0 Å². The Balaban J connectivity index is 1.26. The van der Waals surface area contributed by atoms with Gasteiger partial charge in [0.25, 0.3) is 0 Å². The second-order valence-electron chi connectivity index (χ2n) is 11.5. The van der Waals surface area contributed by atoms with E-state index in [-0.39, 0.29) is 6.04 Å². The van der Waals surface area contributed by atoms with Crippen molar-refractivity contribution in [2.24, 2.45) is 5.92 Å². The summed E-state index contributed by atoms with van der Waals surface area (Å²) in [6, 6.07) is 6.33. The van der Waals surface area contributed by atoms with Gasteiger partial charge in [-0.15, -0.1) is 0 Å². The third-order valence-electron chi connectivity index (χ3n) is 8.25. The maximum Gasteiger partial charge on any atom is 0.488 e. The zero-order valence-electron chi connectivity index (χ0n) is 20.6. The van der Waals surface area contributed by atoms with Crippen LogP contribution >= 0.6 is 15.9 Å². The van der Waals surface area contributed by atoms with E-state index in [1.807, 2.05) is 39.8 Å². The zero-order chi connectivity index (χ0) is 23.8. The molecule has 2 N–H and O–H groups in total. The van der Waals surface area contributed by atoms with Gasteiger partial charge in [0.2, 0.25) is 0 Å². The molecule has 0 bridgehead atoms. The first-order valence-corrected chi connectivity index (χ1v) is 12.7. The number of halogens is 1. The molecule has 3 aliphatic rings. The minimum Gasteiger partial charge on any atom is -0.405 e. The molecule has 33 heavy (non-hydrogen) atoms. The fraction of sp³-hybridized carbons (Fsp3) is 0.696. The number of aromatic nitrogens is 2. The Kier molecular flexibility index (Phi) is 5.63. The summed E-state index contributed by atoms with van der Waals surface area (Å²) in [5.41, 5.74) is 0.280. The molecule has 1 unspecified atom stereocenters. The number of hydrogen-bond donors (Lipinski definition) is 2. The molecule has 178 valence electrons. The number of benzene rings is 1. The molecule has 0 saturated carbocycles. The first-order valence-electron chi connectivity index (χ1n) is 11.9. The van der Waals surface area contributed by atoms with Crippen molar-refractivity contribution in [3.63, 3.8) is 0 Å². The minimum absolute atomic E-state index is 0.203. The summed E-state index contributed by atoms with van der Waals surface area (Å²) < 4.78 is 26.4. The van der Waals surface area contributed by atoms with Gasteiger partial charge in [-0.1, -0.05) is 15.9 Å². The van der Waals surface area contributed by atoms with Gasteiger partial charge in [-0.05, 0) is 92.0 Å². The summed E-state index contributed by atoms with van der Waals surface area (Å²) in [5.74, 6) is 1.44. The Hall–Kier alpha value is -0.900. The zero-order valence-corrected chi connectivity index (χ0v) is 22.2. The summed E-state index contributed by atoms with van der Waals surface area (Å²) in [6.45, 7) is 15.5. The number of nitrogens with zero attached hydrogens (tertiary/aromatic N) is 1. The van der Waals surface area contributed by atoms with Gasteiger partial charge in [0.1, 0.15) is 5.82 Å². The van der Waals surface area contributed by atoms with Crippen molar-refractivity contribution >= 4 is 41.0 Å². The number of rotatable bonds is 4. The van der Waals surface area contributed by atoms with Crippen LogP contribution in [-0.4, -0.2) is 52.9 Å². The van der Waals surface area contributed by atoms with Crippen molar-refractivity contribution in [2.45, 2.75) is 89.8 Å². The lowest BCUT2D eigenvalue weighted by molar-refractivity contribution is -0.0255. The Bertz CT molecular complexity index is 1050. The lowest BCUT2D eigenvalue weighted by atomic mass is 9.49. The molecule has 1 aromatic carbocycles. The van der Waals surface area contributed by atoms with Gasteiger partial charge >= 0.3 is 14.0 Å². The second kappa shape index (κ2) is 7.80. The standard InChI is InChI=1S/C23H34B2BrN3O4/c1-20(2)21(3,4)31-24(30-20)25-32-22(5,6)23(7,33-25)12-14-10-18(27-13-14)19-28-16-9-8-15(26)11-17(16)29-19/h8-9,11,14,18,27H,10,12-13H2,1-7H3,(H,28,29)/t14-,18+,23?/m1/s1. The highest BCUT2D eigenvalue weighted by Crippen LogP contribution is 2.47. The van der Waals surface area contributed by atoms with E-state index in [9.17, 15) is 0 Å². The van der Waals surface area contributed by atoms with Crippen LogP contribution in [0.15, 0.2) is 22.7 Å². The van der Waals surface area contributed by atoms with Gasteiger partial charge in [-0.3, -0.25) is 0 Å². The van der Waals surface area contributed by atoms with Crippen LogP contribution in [0.2, 0.25) is 0 Å². The van der Waals surface area contributed by atoms with Crippen molar-refractivity contribution in [3.05, 3.63) is 28.5 Å². The van der Waals surface area contributed by atoms with Crippen LogP contribution in [0, 0.1) is 5.92 Å². The normalized spacial score (nSPS) is 32.8. The number of nitrogens with one attached hydrogen (secondary N) is 2. The molecular formula is C23H34B2BrN3O4. The third-order valence-corrected chi connectivity index (χ3v) is 8.74. The van der Waals surface area contributed by atoms with Gasteiger partial charge in [-0.2, -0.15) is 0 Å². The summed E-state index contributed by atoms with van der Waals surface area (Å²) in [6.07, 6.45) is 1.88. The van der Waals surface area contributed by atoms with Crippen LogP contribution in [0.5, 0.6) is 0 Å². The highest BCUT2D eigenvalue weighted by Gasteiger charge is 2.65. The molecule has 5 rings (SSSR count). The van der Waals surface area contributed by atoms with E-state index in [1.165, 1.54) is 0 Å². The highest BCUT2D eigenvalue weighted by molar-refractivity contribution is 9.10. The van der Waals surface area contributed by atoms with E-state index in [0.717, 1.165) is 40.7 Å². The Labute approximate surface area is 205 Å². The number of fused-ring (bicyclic) bond motifs is 1. The van der Waals surface area contributed by atoms with Crippen molar-refractivity contribution in [1.82, 2.24) is 15.3 Å². The monoisotopic (exact) mass is 517 g/mol. The van der Waals surface area contributed by atoms with E-state index < -0.39 is 36.4 Å². The Morgan fingerprint density at radius 3 is 2.30 bits per heavy atom. The number of aromatic amines is 1. The van der Waals surface area contributed by atoms with E-state index in [0.29, 0.717) is 5.92 Å². The first kappa shape index (κ1) is 23.8. The van der Waals surface area contributed by atoms with E-state index in [1.54, 1.807) is 0 Å². The average molecular weight is 518 g/mol. The molecule has 4 heterocycles. The second-order valence-corrected chi connectivity index (χ2v) is 12.4. The van der Waals surface area contributed by atoms with Crippen LogP contribution in [0.25, 0.3) is 11.0 Å². The quantitative estimate of drug-likeness (QED) is 0.577.